The quantitative estimate of drug-likeness (QED) is 0.658. The van der Waals surface area contributed by atoms with Gasteiger partial charge >= 0.3 is 0 Å². The Bertz CT molecular complexity index is 783. The molecule has 4 rings (SSSR count). The van der Waals surface area contributed by atoms with Crippen LogP contribution in [0.3, 0.4) is 0 Å². The fourth-order valence-electron chi connectivity index (χ4n) is 2.68. The second kappa shape index (κ2) is 6.27. The molecule has 1 aliphatic carbocycles. The maximum atomic E-state index is 12.4. The van der Waals surface area contributed by atoms with E-state index in [2.05, 4.69) is 15.3 Å². The van der Waals surface area contributed by atoms with E-state index in [-0.39, 0.29) is 11.7 Å². The summed E-state index contributed by atoms with van der Waals surface area (Å²) < 4.78 is 1.51. The van der Waals surface area contributed by atoms with Crippen molar-refractivity contribution in [2.75, 3.05) is 18.1 Å². The summed E-state index contributed by atoms with van der Waals surface area (Å²) in [5.41, 5.74) is 2.02. The largest absolute Gasteiger partial charge is 0.336 e. The molecule has 7 nitrogen and oxygen atoms in total. The van der Waals surface area contributed by atoms with Crippen LogP contribution in [0, 0.1) is 0 Å². The van der Waals surface area contributed by atoms with Gasteiger partial charge in [0.15, 0.2) is 5.82 Å². The van der Waals surface area contributed by atoms with E-state index in [0.717, 1.165) is 36.4 Å². The van der Waals surface area contributed by atoms with Gasteiger partial charge in [-0.1, -0.05) is 42.1 Å². The summed E-state index contributed by atoms with van der Waals surface area (Å²) in [4.78, 5) is 12.4. The maximum Gasteiger partial charge on any atom is 0.253 e. The molecule has 124 valence electrons. The van der Waals surface area contributed by atoms with Crippen LogP contribution < -0.4 is 5.84 Å². The number of rotatable bonds is 5. The molecule has 0 saturated heterocycles. The number of hydrogen-bond donors (Lipinski definition) is 1. The SMILES string of the molecule is Nn1c(SCC(=O)N2CCC(c3ccccc3)=N2)nnc1C1CC1. The van der Waals surface area contributed by atoms with Gasteiger partial charge in [0.2, 0.25) is 5.16 Å². The third-order valence-corrected chi connectivity index (χ3v) is 5.08. The predicted molar refractivity (Wildman–Crippen MR) is 92.2 cm³/mol. The first-order valence-electron chi connectivity index (χ1n) is 7.99. The van der Waals surface area contributed by atoms with Crippen molar-refractivity contribution in [2.24, 2.45) is 5.10 Å². The van der Waals surface area contributed by atoms with Gasteiger partial charge in [0.05, 0.1) is 18.0 Å². The third-order valence-electron chi connectivity index (χ3n) is 4.15. The fourth-order valence-corrected chi connectivity index (χ4v) is 3.41. The molecule has 1 fully saturated rings. The molecule has 24 heavy (non-hydrogen) atoms. The van der Waals surface area contributed by atoms with Crippen LogP contribution in [0.5, 0.6) is 0 Å². The van der Waals surface area contributed by atoms with E-state index >= 15 is 0 Å². The van der Waals surface area contributed by atoms with Crippen LogP contribution in [0.25, 0.3) is 0 Å². The summed E-state index contributed by atoms with van der Waals surface area (Å²) >= 11 is 1.31. The Morgan fingerprint density at radius 3 is 2.79 bits per heavy atom. The Morgan fingerprint density at radius 2 is 2.04 bits per heavy atom. The molecular formula is C16H18N6OS. The summed E-state index contributed by atoms with van der Waals surface area (Å²) in [6, 6.07) is 9.95. The summed E-state index contributed by atoms with van der Waals surface area (Å²) in [5, 5.41) is 14.8. The number of thioether (sulfide) groups is 1. The second-order valence-electron chi connectivity index (χ2n) is 5.95. The van der Waals surface area contributed by atoms with Gasteiger partial charge in [-0.05, 0) is 18.4 Å². The molecule has 1 aromatic carbocycles. The van der Waals surface area contributed by atoms with Gasteiger partial charge in [-0.25, -0.2) is 9.69 Å². The van der Waals surface area contributed by atoms with E-state index < -0.39 is 0 Å². The Balaban J connectivity index is 1.38. The number of hydrogen-bond acceptors (Lipinski definition) is 6. The molecule has 1 saturated carbocycles. The van der Waals surface area contributed by atoms with Gasteiger partial charge in [-0.2, -0.15) is 5.10 Å². The van der Waals surface area contributed by atoms with Gasteiger partial charge < -0.3 is 5.84 Å². The van der Waals surface area contributed by atoms with Gasteiger partial charge in [0, 0.05) is 12.3 Å². The summed E-state index contributed by atoms with van der Waals surface area (Å²) in [6.45, 7) is 0.617. The average Bonchev–Trinajstić information content (AvgIpc) is 3.20. The number of amides is 1. The molecule has 1 aliphatic heterocycles. The molecule has 2 aliphatic rings. The Morgan fingerprint density at radius 1 is 1.25 bits per heavy atom. The standard InChI is InChI=1S/C16H18N6OS/c17-22-15(12-6-7-12)18-19-16(22)24-10-14(23)21-9-8-13(20-21)11-4-2-1-3-5-11/h1-5,12H,6-10,17H2. The number of hydrazone groups is 1. The molecule has 2 aromatic rings. The van der Waals surface area contributed by atoms with Crippen molar-refractivity contribution < 1.29 is 4.79 Å². The van der Waals surface area contributed by atoms with Gasteiger partial charge in [-0.3, -0.25) is 4.79 Å². The Kier molecular flexibility index (Phi) is 3.97. The van der Waals surface area contributed by atoms with E-state index in [9.17, 15) is 4.79 Å². The van der Waals surface area contributed by atoms with E-state index in [0.29, 0.717) is 17.6 Å². The fraction of sp³-hybridized carbons (Fsp3) is 0.375. The lowest BCUT2D eigenvalue weighted by Crippen LogP contribution is -2.25. The lowest BCUT2D eigenvalue weighted by atomic mass is 10.1. The molecule has 0 bridgehead atoms. The van der Waals surface area contributed by atoms with Crippen LogP contribution in [-0.4, -0.2) is 43.8 Å². The summed E-state index contributed by atoms with van der Waals surface area (Å²) in [5.74, 6) is 7.47. The van der Waals surface area contributed by atoms with Crippen LogP contribution >= 0.6 is 11.8 Å². The van der Waals surface area contributed by atoms with Crippen molar-refractivity contribution >= 4 is 23.4 Å². The minimum Gasteiger partial charge on any atom is -0.336 e. The van der Waals surface area contributed by atoms with E-state index in [1.807, 2.05) is 30.3 Å². The highest BCUT2D eigenvalue weighted by molar-refractivity contribution is 7.99. The van der Waals surface area contributed by atoms with Crippen LogP contribution in [-0.2, 0) is 4.79 Å². The van der Waals surface area contributed by atoms with Crippen molar-refractivity contribution in [3.05, 3.63) is 41.7 Å². The Hall–Kier alpha value is -2.35. The number of aromatic nitrogens is 3. The van der Waals surface area contributed by atoms with Crippen LogP contribution in [0.15, 0.2) is 40.6 Å². The maximum absolute atomic E-state index is 12.4. The molecule has 0 spiro atoms. The zero-order valence-electron chi connectivity index (χ0n) is 13.1. The number of nitrogen functional groups attached to an aromatic ring is 1. The van der Waals surface area contributed by atoms with Gasteiger partial charge in [0.1, 0.15) is 0 Å². The zero-order chi connectivity index (χ0) is 16.5. The zero-order valence-corrected chi connectivity index (χ0v) is 13.9. The summed E-state index contributed by atoms with van der Waals surface area (Å²) in [7, 11) is 0. The number of nitrogens with two attached hydrogens (primary N) is 1. The minimum absolute atomic E-state index is 0.0399. The number of carbonyl (C=O) groups is 1. The van der Waals surface area contributed by atoms with Crippen molar-refractivity contribution in [1.29, 1.82) is 0 Å². The van der Waals surface area contributed by atoms with Crippen molar-refractivity contribution in [1.82, 2.24) is 19.9 Å². The number of nitrogens with zero attached hydrogens (tertiary/aromatic N) is 5. The molecular weight excluding hydrogens is 324 g/mol. The predicted octanol–water partition coefficient (Wildman–Crippen LogP) is 1.60. The first-order chi connectivity index (χ1) is 11.7. The monoisotopic (exact) mass is 342 g/mol. The van der Waals surface area contributed by atoms with Gasteiger partial charge in [-0.15, -0.1) is 10.2 Å². The molecule has 0 atom stereocenters. The molecule has 1 aromatic heterocycles. The third kappa shape index (κ3) is 3.01. The molecule has 2 heterocycles. The molecule has 0 unspecified atom stereocenters. The second-order valence-corrected chi connectivity index (χ2v) is 6.90. The van der Waals surface area contributed by atoms with Gasteiger partial charge in [0.25, 0.3) is 5.91 Å². The highest BCUT2D eigenvalue weighted by atomic mass is 32.2. The van der Waals surface area contributed by atoms with E-state index in [1.54, 1.807) is 0 Å². The van der Waals surface area contributed by atoms with E-state index in [1.165, 1.54) is 21.4 Å². The first kappa shape index (κ1) is 15.2. The normalized spacial score (nSPS) is 17.2. The minimum atomic E-state index is -0.0399. The number of carbonyl (C=O) groups excluding carboxylic acids is 1. The molecule has 0 radical (unpaired) electrons. The topological polar surface area (TPSA) is 89.4 Å². The molecule has 2 N–H and O–H groups in total. The summed E-state index contributed by atoms with van der Waals surface area (Å²) in [6.07, 6.45) is 3.01. The smallest absolute Gasteiger partial charge is 0.253 e. The highest BCUT2D eigenvalue weighted by Crippen LogP contribution is 2.39. The van der Waals surface area contributed by atoms with Crippen LogP contribution in [0.4, 0.5) is 0 Å². The highest BCUT2D eigenvalue weighted by Gasteiger charge is 2.30. The lowest BCUT2D eigenvalue weighted by Gasteiger charge is -2.10. The first-order valence-corrected chi connectivity index (χ1v) is 8.97. The van der Waals surface area contributed by atoms with Crippen molar-refractivity contribution in [3.63, 3.8) is 0 Å². The van der Waals surface area contributed by atoms with Crippen LogP contribution in [0.1, 0.15) is 36.6 Å². The molecule has 8 heteroatoms. The van der Waals surface area contributed by atoms with Crippen molar-refractivity contribution in [3.8, 4) is 0 Å². The average molecular weight is 342 g/mol. The van der Waals surface area contributed by atoms with Crippen molar-refractivity contribution in [2.45, 2.75) is 30.3 Å². The molecule has 1 amide bonds. The van der Waals surface area contributed by atoms with Crippen LogP contribution in [0.2, 0.25) is 0 Å². The number of benzene rings is 1. The Labute approximate surface area is 143 Å². The lowest BCUT2D eigenvalue weighted by molar-refractivity contribution is -0.127. The van der Waals surface area contributed by atoms with E-state index in [4.69, 9.17) is 5.84 Å².